The van der Waals surface area contributed by atoms with E-state index in [1.165, 1.54) is 10.1 Å². The van der Waals surface area contributed by atoms with E-state index < -0.39 is 5.97 Å². The van der Waals surface area contributed by atoms with E-state index in [2.05, 4.69) is 18.7 Å². The number of hydrogen-bond donors (Lipinski definition) is 0. The highest BCUT2D eigenvalue weighted by atomic mass is 32.1. The molecule has 0 amide bonds. The number of thiophene rings is 1. The van der Waals surface area contributed by atoms with Crippen molar-refractivity contribution in [3.05, 3.63) is 60.7 Å². The number of carbonyl (C=O) groups is 1. The second-order valence-electron chi connectivity index (χ2n) is 5.21. The summed E-state index contributed by atoms with van der Waals surface area (Å²) in [6.45, 7) is 5.20. The molecule has 1 aromatic heterocycles. The smallest absolute Gasteiger partial charge is 0.338 e. The average molecular weight is 324 g/mol. The zero-order valence-corrected chi connectivity index (χ0v) is 13.8. The third kappa shape index (κ3) is 3.27. The molecule has 0 N–H and O–H groups in total. The highest BCUT2D eigenvalue weighted by Gasteiger charge is 2.08. The molecule has 0 aliphatic rings. The third-order valence-electron chi connectivity index (χ3n) is 3.43. The van der Waals surface area contributed by atoms with Crippen LogP contribution in [-0.2, 0) is 4.79 Å². The third-order valence-corrected chi connectivity index (χ3v) is 4.57. The summed E-state index contributed by atoms with van der Waals surface area (Å²) in [4.78, 5) is 12.7. The van der Waals surface area contributed by atoms with Crippen LogP contribution in [0.15, 0.2) is 60.7 Å². The number of rotatable bonds is 4. The molecule has 1 heterocycles. The lowest BCUT2D eigenvalue weighted by Gasteiger charge is -2.04. The molecule has 0 saturated heterocycles. The fourth-order valence-corrected chi connectivity index (χ4v) is 3.26. The molecule has 0 saturated carbocycles. The molecular weight excluding hydrogens is 308 g/mol. The summed E-state index contributed by atoms with van der Waals surface area (Å²) in [5, 5.41) is 1.18. The molecule has 0 bridgehead atoms. The molecule has 2 aromatic carbocycles. The largest absolute Gasteiger partial charge is 0.497 e. The van der Waals surface area contributed by atoms with Gasteiger partial charge >= 0.3 is 5.97 Å². The van der Waals surface area contributed by atoms with Crippen LogP contribution >= 0.6 is 11.3 Å². The Morgan fingerprint density at radius 3 is 2.39 bits per heavy atom. The lowest BCUT2D eigenvalue weighted by atomic mass is 10.1. The van der Waals surface area contributed by atoms with Crippen LogP contribution in [0.5, 0.6) is 11.5 Å². The van der Waals surface area contributed by atoms with Crippen molar-refractivity contribution in [1.29, 1.82) is 0 Å². The van der Waals surface area contributed by atoms with Crippen molar-refractivity contribution in [3.63, 3.8) is 0 Å². The Labute approximate surface area is 138 Å². The van der Waals surface area contributed by atoms with E-state index in [9.17, 15) is 4.79 Å². The van der Waals surface area contributed by atoms with Crippen LogP contribution in [0, 0.1) is 0 Å². The molecule has 4 heteroatoms. The molecule has 0 spiro atoms. The highest BCUT2D eigenvalue weighted by Crippen LogP contribution is 2.35. The second kappa shape index (κ2) is 6.26. The quantitative estimate of drug-likeness (QED) is 0.382. The number of benzene rings is 2. The molecular formula is C19H16O3S. The summed E-state index contributed by atoms with van der Waals surface area (Å²) >= 11 is 1.70. The van der Waals surface area contributed by atoms with Crippen molar-refractivity contribution in [3.8, 4) is 21.9 Å². The fourth-order valence-electron chi connectivity index (χ4n) is 2.16. The summed E-state index contributed by atoms with van der Waals surface area (Å²) in [7, 11) is 1.67. The van der Waals surface area contributed by atoms with Crippen LogP contribution in [0.4, 0.5) is 0 Å². The maximum absolute atomic E-state index is 11.5. The van der Waals surface area contributed by atoms with Crippen molar-refractivity contribution < 1.29 is 14.3 Å². The normalized spacial score (nSPS) is 10.5. The molecule has 0 aliphatic carbocycles. The minimum Gasteiger partial charge on any atom is -0.497 e. The molecule has 0 atom stereocenters. The van der Waals surface area contributed by atoms with Gasteiger partial charge in [0.25, 0.3) is 0 Å². The van der Waals surface area contributed by atoms with Gasteiger partial charge in [-0.25, -0.2) is 4.79 Å². The molecule has 3 aromatic rings. The van der Waals surface area contributed by atoms with Gasteiger partial charge in [0, 0.05) is 15.2 Å². The van der Waals surface area contributed by atoms with Gasteiger partial charge in [-0.2, -0.15) is 0 Å². The summed E-state index contributed by atoms with van der Waals surface area (Å²) < 4.78 is 11.6. The Bertz CT molecular complexity index is 875. The first kappa shape index (κ1) is 15.3. The van der Waals surface area contributed by atoms with Gasteiger partial charge in [0.05, 0.1) is 7.11 Å². The Hall–Kier alpha value is -2.59. The minimum atomic E-state index is -0.410. The number of carbonyl (C=O) groups excluding carboxylic acids is 1. The number of fused-ring (bicyclic) bond motifs is 1. The SMILES string of the molecule is C=C(C)C(=O)Oc1ccc(-c2cc3ccc(OC)cc3s2)cc1. The molecule has 3 nitrogen and oxygen atoms in total. The maximum atomic E-state index is 11.5. The van der Waals surface area contributed by atoms with E-state index in [4.69, 9.17) is 9.47 Å². The van der Waals surface area contributed by atoms with Crippen molar-refractivity contribution in [1.82, 2.24) is 0 Å². The molecule has 0 aliphatic heterocycles. The standard InChI is InChI=1S/C19H16O3S/c1-12(2)19(20)22-15-7-4-13(5-8-15)17-10-14-6-9-16(21-3)11-18(14)23-17/h4-11H,1H2,2-3H3. The highest BCUT2D eigenvalue weighted by molar-refractivity contribution is 7.22. The van der Waals surface area contributed by atoms with Gasteiger partial charge in [-0.05, 0) is 66.4 Å². The van der Waals surface area contributed by atoms with Gasteiger partial charge in [-0.15, -0.1) is 11.3 Å². The topological polar surface area (TPSA) is 35.5 Å². The van der Waals surface area contributed by atoms with E-state index >= 15 is 0 Å². The van der Waals surface area contributed by atoms with Crippen LogP contribution in [-0.4, -0.2) is 13.1 Å². The first-order valence-corrected chi connectivity index (χ1v) is 7.94. The zero-order valence-electron chi connectivity index (χ0n) is 13.0. The van der Waals surface area contributed by atoms with Crippen LogP contribution in [0.2, 0.25) is 0 Å². The number of esters is 1. The van der Waals surface area contributed by atoms with Crippen molar-refractivity contribution in [2.75, 3.05) is 7.11 Å². The molecule has 0 unspecified atom stereocenters. The van der Waals surface area contributed by atoms with Crippen molar-refractivity contribution in [2.24, 2.45) is 0 Å². The number of ether oxygens (including phenoxy) is 2. The molecule has 0 fully saturated rings. The fraction of sp³-hybridized carbons (Fsp3) is 0.105. The van der Waals surface area contributed by atoms with Crippen LogP contribution in [0.1, 0.15) is 6.92 Å². The lowest BCUT2D eigenvalue weighted by Crippen LogP contribution is -2.07. The predicted octanol–water partition coefficient (Wildman–Crippen LogP) is 5.06. The molecule has 116 valence electrons. The van der Waals surface area contributed by atoms with E-state index in [1.54, 1.807) is 37.5 Å². The number of hydrogen-bond acceptors (Lipinski definition) is 4. The summed E-state index contributed by atoms with van der Waals surface area (Å²) in [5.41, 5.74) is 1.47. The monoisotopic (exact) mass is 324 g/mol. The molecule has 3 rings (SSSR count). The number of methoxy groups -OCH3 is 1. The van der Waals surface area contributed by atoms with Gasteiger partial charge in [0.2, 0.25) is 0 Å². The maximum Gasteiger partial charge on any atom is 0.338 e. The van der Waals surface area contributed by atoms with Crippen LogP contribution < -0.4 is 9.47 Å². The molecule has 0 radical (unpaired) electrons. The van der Waals surface area contributed by atoms with Crippen molar-refractivity contribution in [2.45, 2.75) is 6.92 Å². The van der Waals surface area contributed by atoms with Gasteiger partial charge < -0.3 is 9.47 Å². The van der Waals surface area contributed by atoms with Crippen LogP contribution in [0.3, 0.4) is 0 Å². The Balaban J connectivity index is 1.87. The van der Waals surface area contributed by atoms with E-state index in [0.717, 1.165) is 16.2 Å². The Morgan fingerprint density at radius 1 is 1.04 bits per heavy atom. The minimum absolute atomic E-state index is 0.382. The second-order valence-corrected chi connectivity index (χ2v) is 6.29. The van der Waals surface area contributed by atoms with Crippen molar-refractivity contribution >= 4 is 27.4 Å². The average Bonchev–Trinajstić information content (AvgIpc) is 2.98. The van der Waals surface area contributed by atoms with Gasteiger partial charge in [-0.1, -0.05) is 6.58 Å². The van der Waals surface area contributed by atoms with Gasteiger partial charge in [0.1, 0.15) is 11.5 Å². The van der Waals surface area contributed by atoms with E-state index in [-0.39, 0.29) is 0 Å². The summed E-state index contributed by atoms with van der Waals surface area (Å²) in [6, 6.07) is 15.7. The van der Waals surface area contributed by atoms with E-state index in [0.29, 0.717) is 11.3 Å². The first-order chi connectivity index (χ1) is 11.1. The Kier molecular flexibility index (Phi) is 4.17. The predicted molar refractivity (Wildman–Crippen MR) is 94.3 cm³/mol. The van der Waals surface area contributed by atoms with E-state index in [1.807, 2.05) is 24.3 Å². The molecule has 23 heavy (non-hydrogen) atoms. The summed E-state index contributed by atoms with van der Waals surface area (Å²) in [5.74, 6) is 0.962. The van der Waals surface area contributed by atoms with Gasteiger partial charge in [0.15, 0.2) is 0 Å². The lowest BCUT2D eigenvalue weighted by molar-refractivity contribution is -0.130. The van der Waals surface area contributed by atoms with Gasteiger partial charge in [-0.3, -0.25) is 0 Å². The zero-order chi connectivity index (χ0) is 16.4. The Morgan fingerprint density at radius 2 is 1.74 bits per heavy atom. The first-order valence-electron chi connectivity index (χ1n) is 7.12. The summed E-state index contributed by atoms with van der Waals surface area (Å²) in [6.07, 6.45) is 0. The van der Waals surface area contributed by atoms with Crippen LogP contribution in [0.25, 0.3) is 20.5 Å².